The Morgan fingerprint density at radius 3 is 2.21 bits per heavy atom. The van der Waals surface area contributed by atoms with E-state index in [-0.39, 0.29) is 56.8 Å². The summed E-state index contributed by atoms with van der Waals surface area (Å²) >= 11 is 0. The van der Waals surface area contributed by atoms with Gasteiger partial charge in [0.15, 0.2) is 0 Å². The van der Waals surface area contributed by atoms with Gasteiger partial charge < -0.3 is 0 Å². The first kappa shape index (κ1) is 14.9. The Hall–Kier alpha value is 0.856. The second kappa shape index (κ2) is 5.81. The number of rotatable bonds is 1. The molecule has 0 nitrogen and oxygen atoms in total. The maximum absolute atomic E-state index is 3.30. The molecule has 1 rings (SSSR count). The number of hydrogen-bond acceptors (Lipinski definition) is 0. The Kier molecular flexibility index (Phi) is 6.16. The average Bonchev–Trinajstić information content (AvgIpc) is 2.03. The molecular formula is C13H19K. The first-order valence-electron chi connectivity index (χ1n) is 4.93. The van der Waals surface area contributed by atoms with E-state index in [9.17, 15) is 0 Å². The fraction of sp³-hybridized carbons (Fsp3) is 0.538. The van der Waals surface area contributed by atoms with Crippen LogP contribution in [0.2, 0.25) is 0 Å². The zero-order valence-corrected chi connectivity index (χ0v) is 13.4. The van der Waals surface area contributed by atoms with Crippen LogP contribution < -0.4 is 51.4 Å². The van der Waals surface area contributed by atoms with Crippen molar-refractivity contribution >= 4 is 0 Å². The van der Waals surface area contributed by atoms with Crippen LogP contribution in [0.15, 0.2) is 18.2 Å². The van der Waals surface area contributed by atoms with Crippen LogP contribution in [0, 0.1) is 6.07 Å². The molecule has 0 spiro atoms. The van der Waals surface area contributed by atoms with Gasteiger partial charge in [0.2, 0.25) is 0 Å². The molecule has 0 aliphatic rings. The summed E-state index contributed by atoms with van der Waals surface area (Å²) in [5, 5.41) is 0. The smallest absolute Gasteiger partial charge is 0.180 e. The fourth-order valence-corrected chi connectivity index (χ4v) is 1.28. The molecule has 0 aliphatic carbocycles. The summed E-state index contributed by atoms with van der Waals surface area (Å²) in [6.07, 6.45) is 0. The van der Waals surface area contributed by atoms with E-state index in [1.54, 1.807) is 0 Å². The summed E-state index contributed by atoms with van der Waals surface area (Å²) in [6, 6.07) is 9.76. The maximum atomic E-state index is 3.30. The minimum absolute atomic E-state index is 0. The summed E-state index contributed by atoms with van der Waals surface area (Å²) in [7, 11) is 0. The van der Waals surface area contributed by atoms with Crippen LogP contribution in [0.5, 0.6) is 0 Å². The van der Waals surface area contributed by atoms with Crippen molar-refractivity contribution in [1.82, 2.24) is 0 Å². The third-order valence-electron chi connectivity index (χ3n) is 2.30. The Labute approximate surface area is 131 Å². The molecule has 14 heavy (non-hydrogen) atoms. The molecule has 1 heteroatoms. The van der Waals surface area contributed by atoms with E-state index in [2.05, 4.69) is 52.8 Å². The molecule has 0 N–H and O–H groups in total. The molecule has 0 saturated carbocycles. The van der Waals surface area contributed by atoms with Crippen LogP contribution >= 0.6 is 0 Å². The number of benzene rings is 1. The molecule has 72 valence electrons. The first-order valence-corrected chi connectivity index (χ1v) is 4.93. The largest absolute Gasteiger partial charge is 1.00 e. The van der Waals surface area contributed by atoms with E-state index in [0.717, 1.165) is 0 Å². The zero-order valence-electron chi connectivity index (χ0n) is 10.3. The second-order valence-electron chi connectivity index (χ2n) is 4.94. The Morgan fingerprint density at radius 2 is 1.79 bits per heavy atom. The zero-order chi connectivity index (χ0) is 10.1. The van der Waals surface area contributed by atoms with E-state index < -0.39 is 0 Å². The summed E-state index contributed by atoms with van der Waals surface area (Å²) in [4.78, 5) is 0. The van der Waals surface area contributed by atoms with Gasteiger partial charge in [-0.3, -0.25) is 0 Å². The van der Waals surface area contributed by atoms with Crippen LogP contribution in [0.25, 0.3) is 0 Å². The van der Waals surface area contributed by atoms with Crippen LogP contribution in [0.4, 0.5) is 0 Å². The molecule has 0 radical (unpaired) electrons. The van der Waals surface area contributed by atoms with E-state index >= 15 is 0 Å². The molecule has 0 aliphatic heterocycles. The van der Waals surface area contributed by atoms with Gasteiger partial charge in [0, 0.05) is 0 Å². The van der Waals surface area contributed by atoms with Crippen molar-refractivity contribution in [3.8, 4) is 0 Å². The van der Waals surface area contributed by atoms with Crippen LogP contribution in [0.3, 0.4) is 0 Å². The van der Waals surface area contributed by atoms with Crippen molar-refractivity contribution in [2.45, 2.75) is 46.0 Å². The molecule has 0 aromatic heterocycles. The van der Waals surface area contributed by atoms with Crippen molar-refractivity contribution in [3.05, 3.63) is 35.4 Å². The van der Waals surface area contributed by atoms with E-state index in [1.807, 2.05) is 6.07 Å². The van der Waals surface area contributed by atoms with Gasteiger partial charge in [0.25, 0.3) is 0 Å². The summed E-state index contributed by atoms with van der Waals surface area (Å²) in [5.74, 6) is 0.607. The molecule has 1 aromatic carbocycles. The number of hydrogen-bond donors (Lipinski definition) is 0. The summed E-state index contributed by atoms with van der Waals surface area (Å²) in [6.45, 7) is 11.1. The monoisotopic (exact) mass is 214 g/mol. The van der Waals surface area contributed by atoms with E-state index in [1.165, 1.54) is 11.1 Å². The Balaban J connectivity index is 0.00000169. The third kappa shape index (κ3) is 4.15. The van der Waals surface area contributed by atoms with Gasteiger partial charge in [-0.15, -0.1) is 0 Å². The molecule has 0 heterocycles. The molecule has 0 fully saturated rings. The van der Waals surface area contributed by atoms with Crippen molar-refractivity contribution in [3.63, 3.8) is 0 Å². The molecule has 0 unspecified atom stereocenters. The fourth-order valence-electron chi connectivity index (χ4n) is 1.28. The van der Waals surface area contributed by atoms with Crippen LogP contribution in [0.1, 0.15) is 51.7 Å². The topological polar surface area (TPSA) is 0 Å². The third-order valence-corrected chi connectivity index (χ3v) is 2.30. The van der Waals surface area contributed by atoms with Gasteiger partial charge in [-0.2, -0.15) is 35.4 Å². The Morgan fingerprint density at radius 1 is 1.21 bits per heavy atom. The predicted octanol–water partition coefficient (Wildman–Crippen LogP) is 0.912. The van der Waals surface area contributed by atoms with Gasteiger partial charge in [0.1, 0.15) is 0 Å². The quantitative estimate of drug-likeness (QED) is 0.481. The molecule has 0 atom stereocenters. The molecule has 0 amide bonds. The minimum atomic E-state index is 0. The second-order valence-corrected chi connectivity index (χ2v) is 4.94. The van der Waals surface area contributed by atoms with Crippen LogP contribution in [-0.2, 0) is 5.41 Å². The Bertz CT molecular complexity index is 282. The van der Waals surface area contributed by atoms with Gasteiger partial charge in [0.05, 0.1) is 0 Å². The average molecular weight is 214 g/mol. The van der Waals surface area contributed by atoms with Crippen LogP contribution in [-0.4, -0.2) is 0 Å². The summed E-state index contributed by atoms with van der Waals surface area (Å²) < 4.78 is 0. The van der Waals surface area contributed by atoms with Gasteiger partial charge in [-0.25, -0.2) is 0 Å². The standard InChI is InChI=1S/C13H19.K/c1-10(2)11-7-6-8-12(9-11)13(3,4)5;/h6-7,9-10H,1-5H3;/q-1;+1. The maximum Gasteiger partial charge on any atom is 1.00 e. The minimum Gasteiger partial charge on any atom is -0.180 e. The summed E-state index contributed by atoms with van der Waals surface area (Å²) in [5.41, 5.74) is 2.92. The SMILES string of the molecule is CC(C)c1cc[c-]c(C(C)(C)C)c1.[K+]. The van der Waals surface area contributed by atoms with Gasteiger partial charge in [-0.1, -0.05) is 34.6 Å². The van der Waals surface area contributed by atoms with Crippen molar-refractivity contribution in [2.24, 2.45) is 0 Å². The molecule has 0 bridgehead atoms. The molecular weight excluding hydrogens is 195 g/mol. The van der Waals surface area contributed by atoms with Gasteiger partial charge in [-0.05, 0) is 11.3 Å². The van der Waals surface area contributed by atoms with Crippen molar-refractivity contribution in [1.29, 1.82) is 0 Å². The van der Waals surface area contributed by atoms with E-state index in [0.29, 0.717) is 5.92 Å². The van der Waals surface area contributed by atoms with Crippen molar-refractivity contribution in [2.75, 3.05) is 0 Å². The molecule has 1 aromatic rings. The van der Waals surface area contributed by atoms with Crippen molar-refractivity contribution < 1.29 is 51.4 Å². The first-order chi connectivity index (χ1) is 5.91. The normalized spacial score (nSPS) is 11.3. The molecule has 0 saturated heterocycles. The van der Waals surface area contributed by atoms with E-state index in [4.69, 9.17) is 0 Å². The predicted molar refractivity (Wildman–Crippen MR) is 58.1 cm³/mol. The van der Waals surface area contributed by atoms with Gasteiger partial charge >= 0.3 is 51.4 Å².